The van der Waals surface area contributed by atoms with Crippen molar-refractivity contribution in [2.45, 2.75) is 32.4 Å². The van der Waals surface area contributed by atoms with E-state index in [2.05, 4.69) is 20.5 Å². The zero-order chi connectivity index (χ0) is 27.8. The first-order valence-corrected chi connectivity index (χ1v) is 12.3. The van der Waals surface area contributed by atoms with Gasteiger partial charge in [0.15, 0.2) is 11.6 Å². The third-order valence-corrected chi connectivity index (χ3v) is 6.49. The Balaban J connectivity index is 1.26. The molecule has 0 spiro atoms. The van der Waals surface area contributed by atoms with Crippen LogP contribution in [0, 0.1) is 23.4 Å². The van der Waals surface area contributed by atoms with Gasteiger partial charge in [0, 0.05) is 37.7 Å². The third-order valence-electron chi connectivity index (χ3n) is 6.49. The number of carbonyl (C=O) groups excluding carboxylic acids is 2. The molecule has 3 aromatic rings. The summed E-state index contributed by atoms with van der Waals surface area (Å²) < 4.78 is 49.4. The summed E-state index contributed by atoms with van der Waals surface area (Å²) in [6.45, 7) is 3.84. The number of aryl methyl sites for hydroxylation is 1. The van der Waals surface area contributed by atoms with Crippen LogP contribution in [0.3, 0.4) is 0 Å². The van der Waals surface area contributed by atoms with Gasteiger partial charge in [0.25, 0.3) is 0 Å². The van der Waals surface area contributed by atoms with Crippen LogP contribution in [0.5, 0.6) is 5.75 Å². The number of benzene rings is 1. The highest BCUT2D eigenvalue weighted by atomic mass is 19.1. The Morgan fingerprint density at radius 2 is 1.79 bits per heavy atom. The Morgan fingerprint density at radius 1 is 1.08 bits per heavy atom. The number of urea groups is 1. The standard InChI is InChI=1S/C26H26F3N7O3/c1-14(2)25(37)33-21-11-32-34(3)24(21)20-9-23(19(29)10-30-20)39-18-12-35(13-18)26(38)36-22(4-5-31-36)15-6-16(27)8-17(28)7-15/h5-11,14,18,22H,4,12-13H2,1-3H3,(H,33,37). The number of hydrazone groups is 1. The lowest BCUT2D eigenvalue weighted by Gasteiger charge is -2.41. The van der Waals surface area contributed by atoms with Gasteiger partial charge >= 0.3 is 6.03 Å². The molecule has 1 aromatic carbocycles. The molecule has 1 fully saturated rings. The number of amides is 3. The van der Waals surface area contributed by atoms with Crippen molar-refractivity contribution in [3.63, 3.8) is 0 Å². The average molecular weight is 542 g/mol. The van der Waals surface area contributed by atoms with Crippen molar-refractivity contribution in [3.05, 3.63) is 59.7 Å². The number of pyridine rings is 1. The molecule has 2 aliphatic rings. The number of ether oxygens (including phenoxy) is 1. The van der Waals surface area contributed by atoms with Crippen molar-refractivity contribution in [2.24, 2.45) is 18.1 Å². The normalized spacial score (nSPS) is 17.1. The van der Waals surface area contributed by atoms with E-state index in [0.717, 1.165) is 12.3 Å². The van der Waals surface area contributed by atoms with Gasteiger partial charge in [0.1, 0.15) is 23.4 Å². The van der Waals surface area contributed by atoms with E-state index in [1.165, 1.54) is 45.2 Å². The average Bonchev–Trinajstić information content (AvgIpc) is 3.48. The molecule has 2 aliphatic heterocycles. The predicted molar refractivity (Wildman–Crippen MR) is 135 cm³/mol. The van der Waals surface area contributed by atoms with Crippen molar-refractivity contribution >= 4 is 23.8 Å². The number of likely N-dealkylation sites (tertiary alicyclic amines) is 1. The Hall–Kier alpha value is -4.42. The molecule has 2 aromatic heterocycles. The zero-order valence-electron chi connectivity index (χ0n) is 21.4. The molecule has 0 radical (unpaired) electrons. The molecule has 0 saturated carbocycles. The molecule has 39 heavy (non-hydrogen) atoms. The summed E-state index contributed by atoms with van der Waals surface area (Å²) in [5.41, 5.74) is 1.55. The van der Waals surface area contributed by atoms with Gasteiger partial charge < -0.3 is 15.0 Å². The van der Waals surface area contributed by atoms with Crippen LogP contribution in [0.4, 0.5) is 23.7 Å². The van der Waals surface area contributed by atoms with Crippen LogP contribution >= 0.6 is 0 Å². The van der Waals surface area contributed by atoms with Gasteiger partial charge in [0.2, 0.25) is 5.91 Å². The summed E-state index contributed by atoms with van der Waals surface area (Å²) in [6, 6.07) is 3.46. The maximum absolute atomic E-state index is 14.6. The first-order valence-electron chi connectivity index (χ1n) is 12.3. The van der Waals surface area contributed by atoms with E-state index in [9.17, 15) is 22.8 Å². The first-order chi connectivity index (χ1) is 18.6. The van der Waals surface area contributed by atoms with E-state index in [-0.39, 0.29) is 30.7 Å². The summed E-state index contributed by atoms with van der Waals surface area (Å²) in [5.74, 6) is -2.67. The molecule has 1 saturated heterocycles. The molecule has 1 N–H and O–H groups in total. The molecular formula is C26H26F3N7O3. The SMILES string of the molecule is CC(C)C(=O)Nc1cnn(C)c1-c1cc(OC2CN(C(=O)N3N=CCC3c3cc(F)cc(F)c3)C2)c(F)cn1. The highest BCUT2D eigenvalue weighted by Crippen LogP contribution is 2.33. The fourth-order valence-corrected chi connectivity index (χ4v) is 4.39. The number of aromatic nitrogens is 3. The van der Waals surface area contributed by atoms with Gasteiger partial charge in [-0.25, -0.2) is 23.0 Å². The van der Waals surface area contributed by atoms with Crippen LogP contribution in [0.15, 0.2) is 41.8 Å². The number of hydrogen-bond donors (Lipinski definition) is 1. The van der Waals surface area contributed by atoms with Crippen LogP contribution in [-0.2, 0) is 11.8 Å². The Morgan fingerprint density at radius 3 is 2.49 bits per heavy atom. The number of carbonyl (C=O) groups is 2. The topological polar surface area (TPSA) is 105 Å². The molecule has 204 valence electrons. The molecule has 13 heteroatoms. The lowest BCUT2D eigenvalue weighted by Crippen LogP contribution is -2.58. The van der Waals surface area contributed by atoms with Gasteiger partial charge in [-0.05, 0) is 17.7 Å². The number of halogens is 3. The largest absolute Gasteiger partial charge is 0.483 e. The fraction of sp³-hybridized carbons (Fsp3) is 0.346. The number of hydrogen-bond acceptors (Lipinski definition) is 6. The summed E-state index contributed by atoms with van der Waals surface area (Å²) in [7, 11) is 1.67. The molecule has 4 heterocycles. The molecule has 3 amide bonds. The van der Waals surface area contributed by atoms with E-state index in [1.807, 2.05) is 0 Å². The van der Waals surface area contributed by atoms with Crippen LogP contribution in [0.1, 0.15) is 31.9 Å². The minimum atomic E-state index is -0.735. The van der Waals surface area contributed by atoms with Gasteiger partial charge in [0.05, 0.1) is 42.9 Å². The van der Waals surface area contributed by atoms with Gasteiger partial charge in [-0.2, -0.15) is 10.2 Å². The lowest BCUT2D eigenvalue weighted by molar-refractivity contribution is -0.118. The third kappa shape index (κ3) is 5.29. The Labute approximate surface area is 222 Å². The monoisotopic (exact) mass is 541 g/mol. The van der Waals surface area contributed by atoms with Crippen molar-refractivity contribution < 1.29 is 27.5 Å². The van der Waals surface area contributed by atoms with Gasteiger partial charge in [-0.15, -0.1) is 0 Å². The van der Waals surface area contributed by atoms with Crippen molar-refractivity contribution in [3.8, 4) is 17.1 Å². The Kier molecular flexibility index (Phi) is 6.98. The quantitative estimate of drug-likeness (QED) is 0.506. The van der Waals surface area contributed by atoms with Gasteiger partial charge in [-0.3, -0.25) is 14.5 Å². The van der Waals surface area contributed by atoms with Gasteiger partial charge in [-0.1, -0.05) is 13.8 Å². The van der Waals surface area contributed by atoms with Crippen molar-refractivity contribution in [2.75, 3.05) is 18.4 Å². The molecule has 1 unspecified atom stereocenters. The van der Waals surface area contributed by atoms with Crippen LogP contribution < -0.4 is 10.1 Å². The predicted octanol–water partition coefficient (Wildman–Crippen LogP) is 4.11. The maximum Gasteiger partial charge on any atom is 0.341 e. The van der Waals surface area contributed by atoms with Crippen molar-refractivity contribution in [1.29, 1.82) is 0 Å². The summed E-state index contributed by atoms with van der Waals surface area (Å²) in [6.07, 6.45) is 3.85. The highest BCUT2D eigenvalue weighted by molar-refractivity contribution is 5.95. The number of nitrogens with zero attached hydrogens (tertiary/aromatic N) is 6. The number of rotatable bonds is 6. The maximum atomic E-state index is 14.6. The van der Waals surface area contributed by atoms with E-state index >= 15 is 0 Å². The van der Waals surface area contributed by atoms with Crippen LogP contribution in [0.2, 0.25) is 0 Å². The summed E-state index contributed by atoms with van der Waals surface area (Å²) in [4.78, 5) is 30.8. The molecule has 0 bridgehead atoms. The highest BCUT2D eigenvalue weighted by Gasteiger charge is 2.39. The van der Waals surface area contributed by atoms with Crippen LogP contribution in [0.25, 0.3) is 11.4 Å². The van der Waals surface area contributed by atoms with E-state index < -0.39 is 35.6 Å². The first kappa shape index (κ1) is 26.2. The molecular weight excluding hydrogens is 515 g/mol. The lowest BCUT2D eigenvalue weighted by atomic mass is 10.0. The van der Waals surface area contributed by atoms with E-state index in [0.29, 0.717) is 29.1 Å². The number of anilines is 1. The molecule has 10 nitrogen and oxygen atoms in total. The second-order valence-corrected chi connectivity index (χ2v) is 9.70. The van der Waals surface area contributed by atoms with E-state index in [4.69, 9.17) is 4.74 Å². The summed E-state index contributed by atoms with van der Waals surface area (Å²) >= 11 is 0. The van der Waals surface area contributed by atoms with Crippen LogP contribution in [-0.4, -0.2) is 62.0 Å². The second kappa shape index (κ2) is 10.4. The molecule has 1 atom stereocenters. The van der Waals surface area contributed by atoms with E-state index in [1.54, 1.807) is 20.9 Å². The summed E-state index contributed by atoms with van der Waals surface area (Å²) in [5, 5.41) is 12.2. The second-order valence-electron chi connectivity index (χ2n) is 9.70. The van der Waals surface area contributed by atoms with Crippen molar-refractivity contribution in [1.82, 2.24) is 24.7 Å². The Bertz CT molecular complexity index is 1430. The zero-order valence-corrected chi connectivity index (χ0v) is 21.4. The fourth-order valence-electron chi connectivity index (χ4n) is 4.39. The minimum absolute atomic E-state index is 0.0632. The smallest absolute Gasteiger partial charge is 0.341 e. The molecule has 0 aliphatic carbocycles. The molecule has 5 rings (SSSR count). The number of nitrogens with one attached hydrogen (secondary N) is 1. The minimum Gasteiger partial charge on any atom is -0.483 e.